The number of methoxy groups -OCH3 is 1. The summed E-state index contributed by atoms with van der Waals surface area (Å²) in [5.41, 5.74) is 2.14. The molecule has 90 valence electrons. The highest BCUT2D eigenvalue weighted by Gasteiger charge is 2.09. The number of thiazole rings is 1. The van der Waals surface area contributed by atoms with E-state index in [0.29, 0.717) is 0 Å². The molecule has 3 nitrogen and oxygen atoms in total. The van der Waals surface area contributed by atoms with Crippen LogP contribution in [0.4, 0.5) is 0 Å². The molecule has 2 rings (SSSR count). The lowest BCUT2D eigenvalue weighted by molar-refractivity contribution is 0.416. The third-order valence-electron chi connectivity index (χ3n) is 2.45. The number of rotatable bonds is 5. The Morgan fingerprint density at radius 2 is 2.18 bits per heavy atom. The molecule has 0 aliphatic rings. The number of ether oxygens (including phenoxy) is 1. The van der Waals surface area contributed by atoms with E-state index in [1.807, 2.05) is 24.3 Å². The zero-order valence-corrected chi connectivity index (χ0v) is 10.9. The number of para-hydroxylation sites is 1. The molecule has 2 aromatic rings. The standard InChI is InChI=1S/C13H16N2OS/c1-3-14-8-10-9-17-13(15-10)11-6-4-5-7-12(11)16-2/h4-7,9,14H,3,8H2,1-2H3. The van der Waals surface area contributed by atoms with Crippen LogP contribution < -0.4 is 10.1 Å². The smallest absolute Gasteiger partial charge is 0.129 e. The molecule has 0 spiro atoms. The molecule has 0 bridgehead atoms. The summed E-state index contributed by atoms with van der Waals surface area (Å²) in [4.78, 5) is 4.60. The molecule has 17 heavy (non-hydrogen) atoms. The number of nitrogens with zero attached hydrogens (tertiary/aromatic N) is 1. The second kappa shape index (κ2) is 5.80. The molecule has 1 aromatic carbocycles. The molecule has 0 aliphatic heterocycles. The summed E-state index contributed by atoms with van der Waals surface area (Å²) < 4.78 is 5.34. The molecule has 0 fully saturated rings. The van der Waals surface area contributed by atoms with Crippen LogP contribution in [0.1, 0.15) is 12.6 Å². The van der Waals surface area contributed by atoms with Crippen LogP contribution in [0.2, 0.25) is 0 Å². The maximum atomic E-state index is 5.34. The van der Waals surface area contributed by atoms with Crippen molar-refractivity contribution in [3.05, 3.63) is 35.3 Å². The van der Waals surface area contributed by atoms with Crippen LogP contribution in [0.15, 0.2) is 29.6 Å². The molecule has 0 saturated heterocycles. The molecule has 1 N–H and O–H groups in total. The second-order valence-electron chi connectivity index (χ2n) is 3.62. The van der Waals surface area contributed by atoms with Gasteiger partial charge >= 0.3 is 0 Å². The molecule has 0 amide bonds. The number of nitrogens with one attached hydrogen (secondary N) is 1. The lowest BCUT2D eigenvalue weighted by atomic mass is 10.2. The molecule has 4 heteroatoms. The Bertz CT molecular complexity index is 482. The highest BCUT2D eigenvalue weighted by Crippen LogP contribution is 2.31. The third-order valence-corrected chi connectivity index (χ3v) is 3.37. The second-order valence-corrected chi connectivity index (χ2v) is 4.48. The van der Waals surface area contributed by atoms with Gasteiger partial charge in [-0.05, 0) is 18.7 Å². The van der Waals surface area contributed by atoms with Gasteiger partial charge in [-0.1, -0.05) is 19.1 Å². The zero-order valence-electron chi connectivity index (χ0n) is 10.1. The van der Waals surface area contributed by atoms with Gasteiger partial charge in [-0.25, -0.2) is 4.98 Å². The van der Waals surface area contributed by atoms with Gasteiger partial charge in [-0.2, -0.15) is 0 Å². The predicted molar refractivity (Wildman–Crippen MR) is 71.5 cm³/mol. The Kier molecular flexibility index (Phi) is 4.12. The molecule has 0 unspecified atom stereocenters. The number of hydrogen-bond donors (Lipinski definition) is 1. The van der Waals surface area contributed by atoms with Crippen LogP contribution in [0.25, 0.3) is 10.6 Å². The van der Waals surface area contributed by atoms with Crippen molar-refractivity contribution in [3.63, 3.8) is 0 Å². The summed E-state index contributed by atoms with van der Waals surface area (Å²) >= 11 is 1.65. The zero-order chi connectivity index (χ0) is 12.1. The first-order valence-electron chi connectivity index (χ1n) is 5.63. The lowest BCUT2D eigenvalue weighted by Gasteiger charge is -2.04. The average Bonchev–Trinajstić information content (AvgIpc) is 2.85. The van der Waals surface area contributed by atoms with Crippen LogP contribution in [-0.2, 0) is 6.54 Å². The van der Waals surface area contributed by atoms with Crippen molar-refractivity contribution in [2.24, 2.45) is 0 Å². The summed E-state index contributed by atoms with van der Waals surface area (Å²) in [6, 6.07) is 7.97. The van der Waals surface area contributed by atoms with Crippen molar-refractivity contribution >= 4 is 11.3 Å². The van der Waals surface area contributed by atoms with Crippen molar-refractivity contribution < 1.29 is 4.74 Å². The molecule has 0 atom stereocenters. The maximum absolute atomic E-state index is 5.34. The largest absolute Gasteiger partial charge is 0.496 e. The van der Waals surface area contributed by atoms with Crippen molar-refractivity contribution in [1.29, 1.82) is 0 Å². The van der Waals surface area contributed by atoms with Crippen molar-refractivity contribution in [2.75, 3.05) is 13.7 Å². The van der Waals surface area contributed by atoms with E-state index in [0.717, 1.165) is 35.1 Å². The third kappa shape index (κ3) is 2.84. The minimum Gasteiger partial charge on any atom is -0.496 e. The quantitative estimate of drug-likeness (QED) is 0.883. The van der Waals surface area contributed by atoms with Crippen molar-refractivity contribution in [2.45, 2.75) is 13.5 Å². The van der Waals surface area contributed by atoms with Gasteiger partial charge in [0.15, 0.2) is 0 Å². The van der Waals surface area contributed by atoms with Gasteiger partial charge in [0, 0.05) is 11.9 Å². The lowest BCUT2D eigenvalue weighted by Crippen LogP contribution is -2.11. The van der Waals surface area contributed by atoms with E-state index in [9.17, 15) is 0 Å². The normalized spacial score (nSPS) is 10.5. The summed E-state index contributed by atoms with van der Waals surface area (Å²) in [5, 5.41) is 6.37. The summed E-state index contributed by atoms with van der Waals surface area (Å²) in [6.07, 6.45) is 0. The van der Waals surface area contributed by atoms with Gasteiger partial charge in [0.1, 0.15) is 10.8 Å². The molecule has 0 aliphatic carbocycles. The van der Waals surface area contributed by atoms with E-state index in [1.54, 1.807) is 18.4 Å². The predicted octanol–water partition coefficient (Wildman–Crippen LogP) is 2.93. The van der Waals surface area contributed by atoms with E-state index in [1.165, 1.54) is 0 Å². The Morgan fingerprint density at radius 3 is 2.94 bits per heavy atom. The van der Waals surface area contributed by atoms with Gasteiger partial charge < -0.3 is 10.1 Å². The number of benzene rings is 1. The van der Waals surface area contributed by atoms with Crippen LogP contribution in [-0.4, -0.2) is 18.6 Å². The Morgan fingerprint density at radius 1 is 1.35 bits per heavy atom. The topological polar surface area (TPSA) is 34.1 Å². The first-order chi connectivity index (χ1) is 8.35. The first-order valence-corrected chi connectivity index (χ1v) is 6.51. The molecule has 0 radical (unpaired) electrons. The molecule has 1 aromatic heterocycles. The van der Waals surface area contributed by atoms with E-state index in [2.05, 4.69) is 22.6 Å². The van der Waals surface area contributed by atoms with Gasteiger partial charge in [0.25, 0.3) is 0 Å². The van der Waals surface area contributed by atoms with E-state index >= 15 is 0 Å². The fraction of sp³-hybridized carbons (Fsp3) is 0.308. The van der Waals surface area contributed by atoms with Crippen LogP contribution in [0, 0.1) is 0 Å². The van der Waals surface area contributed by atoms with E-state index < -0.39 is 0 Å². The minimum absolute atomic E-state index is 0.822. The summed E-state index contributed by atoms with van der Waals surface area (Å²) in [6.45, 7) is 3.87. The van der Waals surface area contributed by atoms with Crippen molar-refractivity contribution in [3.8, 4) is 16.3 Å². The monoisotopic (exact) mass is 248 g/mol. The Balaban J connectivity index is 2.24. The van der Waals surface area contributed by atoms with Crippen LogP contribution in [0.5, 0.6) is 5.75 Å². The van der Waals surface area contributed by atoms with Gasteiger partial charge in [0.05, 0.1) is 18.4 Å². The van der Waals surface area contributed by atoms with Crippen molar-refractivity contribution in [1.82, 2.24) is 10.3 Å². The Labute approximate surface area is 105 Å². The van der Waals surface area contributed by atoms with E-state index in [4.69, 9.17) is 4.74 Å². The molecule has 1 heterocycles. The number of hydrogen-bond acceptors (Lipinski definition) is 4. The SMILES string of the molecule is CCNCc1csc(-c2ccccc2OC)n1. The van der Waals surface area contributed by atoms with Crippen LogP contribution >= 0.6 is 11.3 Å². The average molecular weight is 248 g/mol. The van der Waals surface area contributed by atoms with Gasteiger partial charge in [-0.3, -0.25) is 0 Å². The summed E-state index contributed by atoms with van der Waals surface area (Å²) in [7, 11) is 1.69. The summed E-state index contributed by atoms with van der Waals surface area (Å²) in [5.74, 6) is 0.872. The maximum Gasteiger partial charge on any atom is 0.129 e. The highest BCUT2D eigenvalue weighted by atomic mass is 32.1. The van der Waals surface area contributed by atoms with E-state index in [-0.39, 0.29) is 0 Å². The van der Waals surface area contributed by atoms with Gasteiger partial charge in [0.2, 0.25) is 0 Å². The minimum atomic E-state index is 0.822. The van der Waals surface area contributed by atoms with Crippen LogP contribution in [0.3, 0.4) is 0 Å². The molecular formula is C13H16N2OS. The Hall–Kier alpha value is -1.39. The van der Waals surface area contributed by atoms with Gasteiger partial charge in [-0.15, -0.1) is 11.3 Å². The fourth-order valence-corrected chi connectivity index (χ4v) is 2.44. The molecular weight excluding hydrogens is 232 g/mol. The first kappa shape index (κ1) is 12.1. The number of aromatic nitrogens is 1. The molecule has 0 saturated carbocycles. The fourth-order valence-electron chi connectivity index (χ4n) is 1.59. The highest BCUT2D eigenvalue weighted by molar-refractivity contribution is 7.13.